The summed E-state index contributed by atoms with van der Waals surface area (Å²) in [6, 6.07) is 9.62. The SMILES string of the molecule is Cc1cc(OCC2CO2)c2sc3ccccc3c(=O)c2c1OCC1CO1. The summed E-state index contributed by atoms with van der Waals surface area (Å²) in [5.41, 5.74) is 0.877. The van der Waals surface area contributed by atoms with Crippen LogP contribution in [0.15, 0.2) is 35.1 Å². The number of hydrogen-bond acceptors (Lipinski definition) is 6. The Morgan fingerprint density at radius 2 is 1.81 bits per heavy atom. The van der Waals surface area contributed by atoms with Crippen LogP contribution in [-0.4, -0.2) is 38.6 Å². The zero-order valence-electron chi connectivity index (χ0n) is 14.3. The van der Waals surface area contributed by atoms with Crippen LogP contribution in [-0.2, 0) is 9.47 Å². The quantitative estimate of drug-likeness (QED) is 0.492. The summed E-state index contributed by atoms with van der Waals surface area (Å²) in [5.74, 6) is 1.36. The normalized spacial score (nSPS) is 21.1. The Hall–Kier alpha value is -2.15. The van der Waals surface area contributed by atoms with E-state index in [2.05, 4.69) is 0 Å². The summed E-state index contributed by atoms with van der Waals surface area (Å²) in [6.45, 7) is 4.36. The van der Waals surface area contributed by atoms with Crippen LogP contribution in [0.3, 0.4) is 0 Å². The molecule has 2 aliphatic rings. The van der Waals surface area contributed by atoms with Crippen LogP contribution in [0.1, 0.15) is 5.56 Å². The molecule has 3 aromatic rings. The van der Waals surface area contributed by atoms with Gasteiger partial charge in [-0.3, -0.25) is 4.79 Å². The van der Waals surface area contributed by atoms with Crippen molar-refractivity contribution < 1.29 is 18.9 Å². The lowest BCUT2D eigenvalue weighted by atomic mass is 10.1. The molecular weight excluding hydrogens is 352 g/mol. The first kappa shape index (κ1) is 16.1. The van der Waals surface area contributed by atoms with Crippen molar-refractivity contribution in [3.05, 3.63) is 46.1 Å². The fraction of sp³-hybridized carbons (Fsp3) is 0.350. The third-order valence-electron chi connectivity index (χ3n) is 4.60. The fourth-order valence-corrected chi connectivity index (χ4v) is 4.17. The first-order valence-electron chi connectivity index (χ1n) is 8.68. The largest absolute Gasteiger partial charge is 0.490 e. The summed E-state index contributed by atoms with van der Waals surface area (Å²) < 4.78 is 24.2. The smallest absolute Gasteiger partial charge is 0.199 e. The first-order chi connectivity index (χ1) is 12.7. The number of aryl methyl sites for hydroxylation is 1. The highest BCUT2D eigenvalue weighted by Crippen LogP contribution is 2.40. The predicted octanol–water partition coefficient (Wildman–Crippen LogP) is 3.28. The van der Waals surface area contributed by atoms with Gasteiger partial charge in [0.15, 0.2) is 5.43 Å². The number of rotatable bonds is 6. The third kappa shape index (κ3) is 2.94. The molecule has 0 aliphatic carbocycles. The molecule has 2 unspecified atom stereocenters. The lowest BCUT2D eigenvalue weighted by Gasteiger charge is -2.15. The average Bonchev–Trinajstić information content (AvgIpc) is 3.54. The second-order valence-electron chi connectivity index (χ2n) is 6.68. The van der Waals surface area contributed by atoms with Gasteiger partial charge < -0.3 is 18.9 Å². The molecule has 0 N–H and O–H groups in total. The highest BCUT2D eigenvalue weighted by molar-refractivity contribution is 7.25. The molecule has 3 heterocycles. The Kier molecular flexibility index (Phi) is 3.85. The second-order valence-corrected chi connectivity index (χ2v) is 7.74. The van der Waals surface area contributed by atoms with E-state index >= 15 is 0 Å². The summed E-state index contributed by atoms with van der Waals surface area (Å²) >= 11 is 1.56. The van der Waals surface area contributed by atoms with E-state index < -0.39 is 0 Å². The zero-order chi connectivity index (χ0) is 17.7. The molecule has 2 atom stereocenters. The van der Waals surface area contributed by atoms with E-state index in [4.69, 9.17) is 18.9 Å². The maximum Gasteiger partial charge on any atom is 0.199 e. The topological polar surface area (TPSA) is 60.6 Å². The van der Waals surface area contributed by atoms with Crippen molar-refractivity contribution in [2.45, 2.75) is 19.1 Å². The Balaban J connectivity index is 1.71. The first-order valence-corrected chi connectivity index (χ1v) is 9.50. The molecule has 0 radical (unpaired) electrons. The van der Waals surface area contributed by atoms with Crippen molar-refractivity contribution in [3.8, 4) is 11.5 Å². The third-order valence-corrected chi connectivity index (χ3v) is 5.78. The molecule has 2 aromatic carbocycles. The Morgan fingerprint density at radius 1 is 1.12 bits per heavy atom. The van der Waals surface area contributed by atoms with Crippen LogP contribution in [0.25, 0.3) is 20.2 Å². The van der Waals surface area contributed by atoms with Gasteiger partial charge in [0.05, 0.1) is 23.3 Å². The minimum Gasteiger partial charge on any atom is -0.490 e. The molecule has 134 valence electrons. The standard InChI is InChI=1S/C20H18O5S/c1-11-6-15(24-9-12-7-22-12)20-17(19(11)25-10-13-8-23-13)18(21)14-4-2-3-5-16(14)26-20/h2-6,12-13H,7-10H2,1H3. The van der Waals surface area contributed by atoms with Gasteiger partial charge in [0.1, 0.15) is 36.9 Å². The molecule has 2 aliphatic heterocycles. The van der Waals surface area contributed by atoms with Crippen molar-refractivity contribution >= 4 is 31.5 Å². The number of fused-ring (bicyclic) bond motifs is 2. The molecular formula is C20H18O5S. The highest BCUT2D eigenvalue weighted by Gasteiger charge is 2.27. The van der Waals surface area contributed by atoms with E-state index in [1.807, 2.05) is 37.3 Å². The second kappa shape index (κ2) is 6.23. The molecule has 0 spiro atoms. The van der Waals surface area contributed by atoms with E-state index in [0.717, 1.165) is 33.9 Å². The van der Waals surface area contributed by atoms with Crippen molar-refractivity contribution in [2.24, 2.45) is 0 Å². The number of benzene rings is 2. The van der Waals surface area contributed by atoms with Gasteiger partial charge in [0.2, 0.25) is 0 Å². The monoisotopic (exact) mass is 370 g/mol. The lowest BCUT2D eigenvalue weighted by molar-refractivity contribution is 0.260. The molecule has 5 rings (SSSR count). The average molecular weight is 370 g/mol. The Morgan fingerprint density at radius 3 is 2.54 bits per heavy atom. The van der Waals surface area contributed by atoms with Crippen LogP contribution in [0.4, 0.5) is 0 Å². The molecule has 0 bridgehead atoms. The number of epoxide rings is 2. The van der Waals surface area contributed by atoms with Gasteiger partial charge in [-0.15, -0.1) is 11.3 Å². The lowest BCUT2D eigenvalue weighted by Crippen LogP contribution is -2.11. The van der Waals surface area contributed by atoms with Gasteiger partial charge in [0, 0.05) is 10.1 Å². The van der Waals surface area contributed by atoms with Crippen molar-refractivity contribution in [2.75, 3.05) is 26.4 Å². The maximum atomic E-state index is 13.2. The van der Waals surface area contributed by atoms with Gasteiger partial charge in [-0.05, 0) is 30.7 Å². The van der Waals surface area contributed by atoms with E-state index in [-0.39, 0.29) is 17.6 Å². The van der Waals surface area contributed by atoms with Crippen LogP contribution in [0, 0.1) is 6.92 Å². The summed E-state index contributed by atoms with van der Waals surface area (Å²) in [7, 11) is 0. The zero-order valence-corrected chi connectivity index (χ0v) is 15.1. The molecule has 2 saturated heterocycles. The number of ether oxygens (including phenoxy) is 4. The van der Waals surface area contributed by atoms with E-state index in [1.165, 1.54) is 0 Å². The van der Waals surface area contributed by atoms with Gasteiger partial charge in [-0.25, -0.2) is 0 Å². The van der Waals surface area contributed by atoms with Crippen molar-refractivity contribution in [1.29, 1.82) is 0 Å². The molecule has 6 heteroatoms. The minimum absolute atomic E-state index is 0.0164. The van der Waals surface area contributed by atoms with Gasteiger partial charge in [0.25, 0.3) is 0 Å². The fourth-order valence-electron chi connectivity index (χ4n) is 3.03. The Labute approximate surface area is 154 Å². The van der Waals surface area contributed by atoms with Crippen LogP contribution in [0.2, 0.25) is 0 Å². The summed E-state index contributed by atoms with van der Waals surface area (Å²) in [4.78, 5) is 13.2. The van der Waals surface area contributed by atoms with Crippen LogP contribution >= 0.6 is 11.3 Å². The molecule has 2 fully saturated rings. The minimum atomic E-state index is -0.0164. The van der Waals surface area contributed by atoms with Crippen LogP contribution < -0.4 is 14.9 Å². The number of hydrogen-bond donors (Lipinski definition) is 0. The predicted molar refractivity (Wildman–Crippen MR) is 101 cm³/mol. The van der Waals surface area contributed by atoms with E-state index in [0.29, 0.717) is 29.7 Å². The highest BCUT2D eigenvalue weighted by atomic mass is 32.1. The molecule has 0 saturated carbocycles. The van der Waals surface area contributed by atoms with Gasteiger partial charge in [-0.1, -0.05) is 12.1 Å². The van der Waals surface area contributed by atoms with Gasteiger partial charge >= 0.3 is 0 Å². The Bertz CT molecular complexity index is 1050. The van der Waals surface area contributed by atoms with Gasteiger partial charge in [-0.2, -0.15) is 0 Å². The van der Waals surface area contributed by atoms with E-state index in [1.54, 1.807) is 11.3 Å². The summed E-state index contributed by atoms with van der Waals surface area (Å²) in [6.07, 6.45) is 0.289. The molecule has 1 aromatic heterocycles. The van der Waals surface area contributed by atoms with E-state index in [9.17, 15) is 4.79 Å². The summed E-state index contributed by atoms with van der Waals surface area (Å²) in [5, 5.41) is 1.31. The molecule has 5 nitrogen and oxygen atoms in total. The maximum absolute atomic E-state index is 13.2. The van der Waals surface area contributed by atoms with Crippen molar-refractivity contribution in [1.82, 2.24) is 0 Å². The molecule has 26 heavy (non-hydrogen) atoms. The van der Waals surface area contributed by atoms with Crippen LogP contribution in [0.5, 0.6) is 11.5 Å². The van der Waals surface area contributed by atoms with Crippen molar-refractivity contribution in [3.63, 3.8) is 0 Å². The molecule has 0 amide bonds.